The highest BCUT2D eigenvalue weighted by molar-refractivity contribution is 5.78. The highest BCUT2D eigenvalue weighted by Gasteiger charge is 2.12. The fraction of sp³-hybridized carbons (Fsp3) is 0.273. The first-order chi connectivity index (χ1) is 8.02. The summed E-state index contributed by atoms with van der Waals surface area (Å²) in [5, 5.41) is 9.95. The van der Waals surface area contributed by atoms with Crippen molar-refractivity contribution in [1.82, 2.24) is 5.43 Å². The van der Waals surface area contributed by atoms with Crippen LogP contribution in [0.2, 0.25) is 0 Å². The molecule has 0 heterocycles. The molecule has 0 bridgehead atoms. The monoisotopic (exact) mass is 237 g/mol. The van der Waals surface area contributed by atoms with E-state index in [1.807, 2.05) is 13.0 Å². The number of carbonyl (C=O) groups excluding carboxylic acids is 1. The van der Waals surface area contributed by atoms with Crippen LogP contribution in [0.15, 0.2) is 24.3 Å². The Labute approximate surface area is 99.0 Å². The van der Waals surface area contributed by atoms with E-state index in [4.69, 9.17) is 10.8 Å². The molecule has 1 aromatic rings. The largest absolute Gasteiger partial charge is 0.480 e. The number of nitrogens with two attached hydrogens (primary N) is 1. The fourth-order valence-electron chi connectivity index (χ4n) is 1.41. The summed E-state index contributed by atoms with van der Waals surface area (Å²) in [4.78, 5) is 21.5. The molecule has 0 aliphatic heterocycles. The van der Waals surface area contributed by atoms with Crippen molar-refractivity contribution in [1.29, 1.82) is 0 Å². The maximum absolute atomic E-state index is 10.8. The predicted octanol–water partition coefficient (Wildman–Crippen LogP) is 0.723. The van der Waals surface area contributed by atoms with Crippen molar-refractivity contribution in [3.05, 3.63) is 29.8 Å². The first kappa shape index (κ1) is 12.8. The number of aryl methyl sites for hydroxylation is 1. The lowest BCUT2D eigenvalue weighted by atomic mass is 10.1. The molecule has 0 unspecified atom stereocenters. The second-order valence-corrected chi connectivity index (χ2v) is 3.48. The minimum absolute atomic E-state index is 0.351. The van der Waals surface area contributed by atoms with Crippen LogP contribution in [0.1, 0.15) is 12.5 Å². The zero-order chi connectivity index (χ0) is 12.8. The third-order valence-electron chi connectivity index (χ3n) is 2.17. The molecule has 0 spiro atoms. The summed E-state index contributed by atoms with van der Waals surface area (Å²) >= 11 is 0. The fourth-order valence-corrected chi connectivity index (χ4v) is 1.41. The molecule has 4 N–H and O–H groups in total. The number of hydrogen-bond donors (Lipinski definition) is 3. The van der Waals surface area contributed by atoms with Gasteiger partial charge in [-0.25, -0.2) is 10.2 Å². The van der Waals surface area contributed by atoms with Crippen molar-refractivity contribution in [3.8, 4) is 0 Å². The van der Waals surface area contributed by atoms with Gasteiger partial charge in [-0.1, -0.05) is 19.1 Å². The maximum atomic E-state index is 10.8. The zero-order valence-corrected chi connectivity index (χ0v) is 9.51. The summed E-state index contributed by atoms with van der Waals surface area (Å²) in [6, 6.07) is 6.43. The molecule has 0 saturated heterocycles. The lowest BCUT2D eigenvalue weighted by Crippen LogP contribution is -2.47. The lowest BCUT2D eigenvalue weighted by molar-refractivity contribution is -0.135. The average molecular weight is 237 g/mol. The van der Waals surface area contributed by atoms with E-state index in [9.17, 15) is 9.59 Å². The molecule has 6 nitrogen and oxygen atoms in total. The van der Waals surface area contributed by atoms with Gasteiger partial charge in [0.15, 0.2) is 0 Å². The van der Waals surface area contributed by atoms with Crippen molar-refractivity contribution in [3.63, 3.8) is 0 Å². The van der Waals surface area contributed by atoms with E-state index in [0.29, 0.717) is 5.69 Å². The highest BCUT2D eigenvalue weighted by atomic mass is 16.4. The van der Waals surface area contributed by atoms with Gasteiger partial charge in [-0.05, 0) is 24.1 Å². The van der Waals surface area contributed by atoms with E-state index in [-0.39, 0.29) is 6.54 Å². The van der Waals surface area contributed by atoms with E-state index in [1.54, 1.807) is 18.2 Å². The summed E-state index contributed by atoms with van der Waals surface area (Å²) in [7, 11) is 0. The number of carboxylic acids is 1. The Morgan fingerprint density at radius 3 is 2.71 bits per heavy atom. The van der Waals surface area contributed by atoms with Crippen molar-refractivity contribution < 1.29 is 14.7 Å². The number of nitrogens with one attached hydrogen (secondary N) is 1. The van der Waals surface area contributed by atoms with Crippen LogP contribution in [0.3, 0.4) is 0 Å². The van der Waals surface area contributed by atoms with E-state index >= 15 is 0 Å². The van der Waals surface area contributed by atoms with Crippen LogP contribution in [-0.4, -0.2) is 23.7 Å². The summed E-state index contributed by atoms with van der Waals surface area (Å²) in [6.07, 6.45) is 0.825. The molecule has 0 aliphatic rings. The lowest BCUT2D eigenvalue weighted by Gasteiger charge is -2.22. The van der Waals surface area contributed by atoms with Crippen molar-refractivity contribution in [2.24, 2.45) is 5.73 Å². The van der Waals surface area contributed by atoms with E-state index in [1.165, 1.54) is 5.01 Å². The van der Waals surface area contributed by atoms with Gasteiger partial charge in [-0.3, -0.25) is 9.80 Å². The maximum Gasteiger partial charge on any atom is 0.330 e. The van der Waals surface area contributed by atoms with Crippen LogP contribution in [0.25, 0.3) is 0 Å². The molecule has 92 valence electrons. The van der Waals surface area contributed by atoms with Gasteiger partial charge in [-0.2, -0.15) is 0 Å². The van der Waals surface area contributed by atoms with Crippen LogP contribution >= 0.6 is 0 Å². The highest BCUT2D eigenvalue weighted by Crippen LogP contribution is 2.14. The van der Waals surface area contributed by atoms with Crippen molar-refractivity contribution in [2.45, 2.75) is 13.3 Å². The van der Waals surface area contributed by atoms with E-state index < -0.39 is 12.0 Å². The van der Waals surface area contributed by atoms with E-state index in [2.05, 4.69) is 5.43 Å². The first-order valence-electron chi connectivity index (χ1n) is 5.17. The van der Waals surface area contributed by atoms with Crippen LogP contribution in [0, 0.1) is 0 Å². The van der Waals surface area contributed by atoms with Gasteiger partial charge in [0.05, 0.1) is 5.69 Å². The van der Waals surface area contributed by atoms with E-state index in [0.717, 1.165) is 12.0 Å². The molecule has 0 aromatic heterocycles. The number of carboxylic acid groups (broad SMARTS) is 1. The number of benzene rings is 1. The Hall–Kier alpha value is -2.24. The normalized spacial score (nSPS) is 9.71. The van der Waals surface area contributed by atoms with Gasteiger partial charge in [0.2, 0.25) is 0 Å². The number of hydrazine groups is 1. The number of hydrogen-bond acceptors (Lipinski definition) is 3. The SMILES string of the molecule is CCc1cccc(N(CC(=O)O)NC(N)=O)c1. The number of amides is 2. The van der Waals surface area contributed by atoms with Gasteiger partial charge in [0.1, 0.15) is 6.54 Å². The van der Waals surface area contributed by atoms with Gasteiger partial charge in [0, 0.05) is 0 Å². The molecule has 6 heteroatoms. The summed E-state index contributed by atoms with van der Waals surface area (Å²) < 4.78 is 0. The van der Waals surface area contributed by atoms with Gasteiger partial charge >= 0.3 is 12.0 Å². The topological polar surface area (TPSA) is 95.7 Å². The molecule has 17 heavy (non-hydrogen) atoms. The number of nitrogens with zero attached hydrogens (tertiary/aromatic N) is 1. The van der Waals surface area contributed by atoms with Crippen molar-refractivity contribution >= 4 is 17.7 Å². The Bertz CT molecular complexity index is 404. The molecule has 1 aromatic carbocycles. The molecule has 0 fully saturated rings. The Balaban J connectivity index is 2.94. The molecule has 1 rings (SSSR count). The quantitative estimate of drug-likeness (QED) is 0.657. The molecular weight excluding hydrogens is 222 g/mol. The molecule has 2 amide bonds. The third-order valence-corrected chi connectivity index (χ3v) is 2.17. The smallest absolute Gasteiger partial charge is 0.330 e. The summed E-state index contributed by atoms with van der Waals surface area (Å²) in [5.41, 5.74) is 8.90. The van der Waals surface area contributed by atoms with Crippen LogP contribution in [0.4, 0.5) is 10.5 Å². The molecule has 0 saturated carbocycles. The number of rotatable bonds is 5. The minimum atomic E-state index is -1.05. The first-order valence-corrected chi connectivity index (χ1v) is 5.17. The van der Waals surface area contributed by atoms with Crippen LogP contribution in [-0.2, 0) is 11.2 Å². The van der Waals surface area contributed by atoms with Crippen molar-refractivity contribution in [2.75, 3.05) is 11.6 Å². The molecular formula is C11H15N3O3. The molecule has 0 radical (unpaired) electrons. The Morgan fingerprint density at radius 2 is 2.18 bits per heavy atom. The number of urea groups is 1. The summed E-state index contributed by atoms with van der Waals surface area (Å²) in [6.45, 7) is 1.64. The van der Waals surface area contributed by atoms with Crippen LogP contribution in [0.5, 0.6) is 0 Å². The Morgan fingerprint density at radius 1 is 1.47 bits per heavy atom. The van der Waals surface area contributed by atoms with Gasteiger partial charge in [-0.15, -0.1) is 0 Å². The third kappa shape index (κ3) is 4.02. The second kappa shape index (κ2) is 5.74. The number of aliphatic carboxylic acids is 1. The second-order valence-electron chi connectivity index (χ2n) is 3.48. The standard InChI is InChI=1S/C11H15N3O3/c1-2-8-4-3-5-9(6-8)14(7-10(15)16)13-11(12)17/h3-6H,2,7H2,1H3,(H,15,16)(H3,12,13,17). The average Bonchev–Trinajstić information content (AvgIpc) is 2.27. The molecule has 0 atom stereocenters. The number of primary amides is 1. The van der Waals surface area contributed by atoms with Crippen LogP contribution < -0.4 is 16.2 Å². The predicted molar refractivity (Wildman–Crippen MR) is 63.5 cm³/mol. The summed E-state index contributed by atoms with van der Waals surface area (Å²) in [5.74, 6) is -1.05. The number of anilines is 1. The Kier molecular flexibility index (Phi) is 4.33. The van der Waals surface area contributed by atoms with Gasteiger partial charge in [0.25, 0.3) is 0 Å². The molecule has 0 aliphatic carbocycles. The number of carbonyl (C=O) groups is 2. The minimum Gasteiger partial charge on any atom is -0.480 e. The zero-order valence-electron chi connectivity index (χ0n) is 9.51. The van der Waals surface area contributed by atoms with Gasteiger partial charge < -0.3 is 10.8 Å².